The number of benzene rings is 1. The third kappa shape index (κ3) is 2.66. The molecule has 0 aliphatic carbocycles. The Kier molecular flexibility index (Phi) is 3.95. The first-order valence-corrected chi connectivity index (χ1v) is 8.84. The van der Waals surface area contributed by atoms with E-state index in [0.29, 0.717) is 17.7 Å². The van der Waals surface area contributed by atoms with E-state index in [9.17, 15) is 4.79 Å². The maximum atomic E-state index is 12.4. The highest BCUT2D eigenvalue weighted by Crippen LogP contribution is 2.38. The normalized spacial score (nSPS) is 11.4. The zero-order valence-corrected chi connectivity index (χ0v) is 15.9. The van der Waals surface area contributed by atoms with E-state index in [1.807, 2.05) is 39.8 Å². The number of carbonyl (C=O) groups is 1. The third-order valence-electron chi connectivity index (χ3n) is 4.73. The van der Waals surface area contributed by atoms with Crippen molar-refractivity contribution in [3.8, 4) is 22.3 Å². The van der Waals surface area contributed by atoms with Crippen molar-refractivity contribution in [2.75, 3.05) is 0 Å². The molecule has 3 aromatic heterocycles. The fraction of sp³-hybridized carbons (Fsp3) is 0.300. The molecule has 0 radical (unpaired) electrons. The van der Waals surface area contributed by atoms with Crippen LogP contribution in [0.25, 0.3) is 33.3 Å². The molecule has 7 nitrogen and oxygen atoms in total. The highest BCUT2D eigenvalue weighted by atomic mass is 16.5. The average Bonchev–Trinajstić information content (AvgIpc) is 3.29. The molecule has 0 saturated heterocycles. The minimum Gasteiger partial charge on any atom is -0.361 e. The van der Waals surface area contributed by atoms with Gasteiger partial charge in [-0.1, -0.05) is 17.2 Å². The second-order valence-corrected chi connectivity index (χ2v) is 6.69. The number of hydrogen-bond acceptors (Lipinski definition) is 6. The minimum absolute atomic E-state index is 0.0891. The molecule has 0 fully saturated rings. The summed E-state index contributed by atoms with van der Waals surface area (Å²) in [6.45, 7) is 9.33. The predicted octanol–water partition coefficient (Wildman–Crippen LogP) is 4.70. The van der Waals surface area contributed by atoms with E-state index in [1.54, 1.807) is 6.92 Å². The molecular weight excluding hydrogens is 344 g/mol. The standard InChI is InChI=1S/C20H20N4O3/c1-6-16(25)20-18(10(3)24-27-20)14-7-13(17-9(2)23-26-11(17)4)8-15-19(14)22-12(5)21-15/h7-8H,6H2,1-5H3,(H,21,22). The highest BCUT2D eigenvalue weighted by molar-refractivity contribution is 6.05. The Morgan fingerprint density at radius 1 is 1.04 bits per heavy atom. The van der Waals surface area contributed by atoms with Gasteiger partial charge in [0, 0.05) is 17.5 Å². The van der Waals surface area contributed by atoms with Gasteiger partial charge in [-0.25, -0.2) is 4.98 Å². The summed E-state index contributed by atoms with van der Waals surface area (Å²) in [5.41, 5.74) is 6.48. The van der Waals surface area contributed by atoms with Crippen LogP contribution >= 0.6 is 0 Å². The Bertz CT molecular complexity index is 1160. The van der Waals surface area contributed by atoms with Gasteiger partial charge in [-0.15, -0.1) is 0 Å². The van der Waals surface area contributed by atoms with Crippen molar-refractivity contribution in [3.05, 3.63) is 40.9 Å². The first-order valence-electron chi connectivity index (χ1n) is 8.84. The Balaban J connectivity index is 2.07. The van der Waals surface area contributed by atoms with Crippen molar-refractivity contribution in [2.24, 2.45) is 0 Å². The van der Waals surface area contributed by atoms with Crippen molar-refractivity contribution in [1.82, 2.24) is 20.3 Å². The molecule has 1 N–H and O–H groups in total. The van der Waals surface area contributed by atoms with Crippen molar-refractivity contribution in [3.63, 3.8) is 0 Å². The number of H-pyrrole nitrogens is 1. The van der Waals surface area contributed by atoms with Crippen LogP contribution in [0.15, 0.2) is 21.2 Å². The van der Waals surface area contributed by atoms with E-state index < -0.39 is 0 Å². The van der Waals surface area contributed by atoms with Gasteiger partial charge in [-0.3, -0.25) is 4.79 Å². The molecule has 0 spiro atoms. The Morgan fingerprint density at radius 2 is 1.74 bits per heavy atom. The Labute approximate surface area is 155 Å². The van der Waals surface area contributed by atoms with Gasteiger partial charge >= 0.3 is 0 Å². The van der Waals surface area contributed by atoms with Crippen LogP contribution in [0.1, 0.15) is 46.9 Å². The van der Waals surface area contributed by atoms with Gasteiger partial charge in [-0.05, 0) is 45.4 Å². The smallest absolute Gasteiger partial charge is 0.210 e. The number of fused-ring (bicyclic) bond motifs is 1. The van der Waals surface area contributed by atoms with Gasteiger partial charge < -0.3 is 14.0 Å². The van der Waals surface area contributed by atoms with E-state index in [-0.39, 0.29) is 11.5 Å². The van der Waals surface area contributed by atoms with Crippen molar-refractivity contribution < 1.29 is 13.8 Å². The molecule has 138 valence electrons. The lowest BCUT2D eigenvalue weighted by Crippen LogP contribution is -1.98. The third-order valence-corrected chi connectivity index (χ3v) is 4.73. The number of Topliss-reactive ketones (excluding diaryl/α,β-unsaturated/α-hetero) is 1. The van der Waals surface area contributed by atoms with Gasteiger partial charge in [0.05, 0.1) is 28.0 Å². The van der Waals surface area contributed by atoms with Crippen LogP contribution < -0.4 is 0 Å². The quantitative estimate of drug-likeness (QED) is 0.527. The van der Waals surface area contributed by atoms with Crippen molar-refractivity contribution in [1.29, 1.82) is 0 Å². The molecule has 0 aliphatic rings. The molecule has 0 amide bonds. The molecule has 0 aliphatic heterocycles. The largest absolute Gasteiger partial charge is 0.361 e. The van der Waals surface area contributed by atoms with E-state index in [0.717, 1.165) is 45.0 Å². The molecule has 4 aromatic rings. The summed E-state index contributed by atoms with van der Waals surface area (Å²) in [7, 11) is 0. The summed E-state index contributed by atoms with van der Waals surface area (Å²) in [5, 5.41) is 8.10. The number of nitrogens with zero attached hydrogens (tertiary/aromatic N) is 3. The monoisotopic (exact) mass is 364 g/mol. The molecule has 0 atom stereocenters. The zero-order chi connectivity index (χ0) is 19.3. The van der Waals surface area contributed by atoms with Crippen LogP contribution in [0.2, 0.25) is 0 Å². The topological polar surface area (TPSA) is 97.8 Å². The van der Waals surface area contributed by atoms with E-state index in [1.165, 1.54) is 0 Å². The summed E-state index contributed by atoms with van der Waals surface area (Å²) < 4.78 is 10.7. The van der Waals surface area contributed by atoms with Crippen LogP contribution in [0.4, 0.5) is 0 Å². The molecule has 0 bridgehead atoms. The first-order chi connectivity index (χ1) is 12.9. The van der Waals surface area contributed by atoms with E-state index >= 15 is 0 Å². The lowest BCUT2D eigenvalue weighted by Gasteiger charge is -2.07. The van der Waals surface area contributed by atoms with E-state index in [4.69, 9.17) is 9.05 Å². The average molecular weight is 364 g/mol. The SMILES string of the molecule is CCC(=O)c1onc(C)c1-c1cc(-c2c(C)noc2C)cc2[nH]c(C)nc12. The molecule has 4 rings (SSSR count). The van der Waals surface area contributed by atoms with E-state index in [2.05, 4.69) is 20.3 Å². The second kappa shape index (κ2) is 6.19. The Hall–Kier alpha value is -3.22. The molecule has 0 unspecified atom stereocenters. The number of carbonyl (C=O) groups excluding carboxylic acids is 1. The second-order valence-electron chi connectivity index (χ2n) is 6.69. The van der Waals surface area contributed by atoms with Crippen LogP contribution in [-0.2, 0) is 0 Å². The fourth-order valence-corrected chi connectivity index (χ4v) is 3.51. The number of aromatic nitrogens is 4. The predicted molar refractivity (Wildman–Crippen MR) is 101 cm³/mol. The number of ketones is 1. The van der Waals surface area contributed by atoms with Crippen LogP contribution in [0.3, 0.4) is 0 Å². The number of hydrogen-bond donors (Lipinski definition) is 1. The molecule has 27 heavy (non-hydrogen) atoms. The summed E-state index contributed by atoms with van der Waals surface area (Å²) in [4.78, 5) is 20.3. The van der Waals surface area contributed by atoms with Gasteiger partial charge in [0.1, 0.15) is 11.6 Å². The lowest BCUT2D eigenvalue weighted by molar-refractivity contribution is 0.0953. The Morgan fingerprint density at radius 3 is 2.41 bits per heavy atom. The number of imidazole rings is 1. The lowest BCUT2D eigenvalue weighted by atomic mass is 9.94. The molecule has 3 heterocycles. The maximum absolute atomic E-state index is 12.4. The molecule has 1 aromatic carbocycles. The maximum Gasteiger partial charge on any atom is 0.210 e. The molecular formula is C20H20N4O3. The summed E-state index contributed by atoms with van der Waals surface area (Å²) in [6.07, 6.45) is 0.341. The van der Waals surface area contributed by atoms with Crippen LogP contribution in [0.5, 0.6) is 0 Å². The van der Waals surface area contributed by atoms with Gasteiger partial charge in [0.25, 0.3) is 0 Å². The van der Waals surface area contributed by atoms with Crippen molar-refractivity contribution >= 4 is 16.8 Å². The number of aryl methyl sites for hydroxylation is 4. The number of rotatable bonds is 4. The summed E-state index contributed by atoms with van der Waals surface area (Å²) in [5.74, 6) is 1.71. The first kappa shape index (κ1) is 17.2. The van der Waals surface area contributed by atoms with Gasteiger partial charge in [0.2, 0.25) is 11.5 Å². The van der Waals surface area contributed by atoms with Crippen LogP contribution in [0, 0.1) is 27.7 Å². The molecule has 7 heteroatoms. The fourth-order valence-electron chi connectivity index (χ4n) is 3.51. The van der Waals surface area contributed by atoms with Crippen LogP contribution in [-0.4, -0.2) is 26.1 Å². The summed E-state index contributed by atoms with van der Waals surface area (Å²) in [6, 6.07) is 4.02. The zero-order valence-electron chi connectivity index (χ0n) is 15.9. The van der Waals surface area contributed by atoms with Crippen molar-refractivity contribution in [2.45, 2.75) is 41.0 Å². The van der Waals surface area contributed by atoms with Gasteiger partial charge in [-0.2, -0.15) is 0 Å². The number of nitrogens with one attached hydrogen (secondary N) is 1. The minimum atomic E-state index is -0.0891. The molecule has 0 saturated carbocycles. The highest BCUT2D eigenvalue weighted by Gasteiger charge is 2.24. The summed E-state index contributed by atoms with van der Waals surface area (Å²) >= 11 is 0. The van der Waals surface area contributed by atoms with Gasteiger partial charge in [0.15, 0.2) is 0 Å². The number of aromatic amines is 1.